The van der Waals surface area contributed by atoms with Gasteiger partial charge in [-0.15, -0.1) is 9.05 Å². The maximum Gasteiger partial charge on any atom is 0.699 e. The van der Waals surface area contributed by atoms with E-state index in [1.165, 1.54) is 22.3 Å². The van der Waals surface area contributed by atoms with E-state index in [-0.39, 0.29) is 43.3 Å². The van der Waals surface area contributed by atoms with Crippen LogP contribution in [0.1, 0.15) is 247 Å². The first-order valence-corrected chi connectivity index (χ1v) is 25.0. The van der Waals surface area contributed by atoms with Gasteiger partial charge in [0.25, 0.3) is 0 Å². The van der Waals surface area contributed by atoms with Crippen LogP contribution in [-0.4, -0.2) is 0 Å². The van der Waals surface area contributed by atoms with Crippen molar-refractivity contribution in [3.8, 4) is 0 Å². The summed E-state index contributed by atoms with van der Waals surface area (Å²) in [5.74, 6) is 0. The molecule has 64 heavy (non-hydrogen) atoms. The molecule has 0 aliphatic rings. The Kier molecular flexibility index (Phi) is 14.4. The lowest BCUT2D eigenvalue weighted by molar-refractivity contribution is 0.0593. The third-order valence-electron chi connectivity index (χ3n) is 13.3. The summed E-state index contributed by atoms with van der Waals surface area (Å²) < 4.78 is 30.6. The minimum Gasteiger partial charge on any atom is -0.103 e. The first kappa shape index (κ1) is 53.5. The minimum atomic E-state index is -2.81. The molecule has 0 fully saturated rings. The monoisotopic (exact) mass is 890 g/mol. The smallest absolute Gasteiger partial charge is 0.103 e. The molecule has 4 rings (SSSR count). The molecule has 0 atom stereocenters. The molecule has 0 heterocycles. The number of hydrogen-bond acceptors (Lipinski definition) is 3. The lowest BCUT2D eigenvalue weighted by Gasteiger charge is -2.38. The van der Waals surface area contributed by atoms with Crippen LogP contribution in [0.4, 0.5) is 0 Å². The van der Waals surface area contributed by atoms with Crippen molar-refractivity contribution in [1.82, 2.24) is 0 Å². The molecule has 0 saturated carbocycles. The van der Waals surface area contributed by atoms with Gasteiger partial charge >= 0.3 is 8.25 Å². The van der Waals surface area contributed by atoms with Crippen LogP contribution in [0.25, 0.3) is 0 Å². The van der Waals surface area contributed by atoms with Crippen molar-refractivity contribution in [2.45, 2.75) is 235 Å². The van der Waals surface area contributed by atoms with Gasteiger partial charge in [0.05, 0.1) is 0 Å². The van der Waals surface area contributed by atoms with E-state index < -0.39 is 19.5 Å². The van der Waals surface area contributed by atoms with E-state index in [1.54, 1.807) is 0 Å². The molecule has 3 nitrogen and oxygen atoms in total. The number of rotatable bonds is 8. The molecule has 352 valence electrons. The summed E-state index contributed by atoms with van der Waals surface area (Å²) in [4.78, 5) is 0. The maximum absolute atomic E-state index is 15.8. The molecular weight excluding hydrogens is 800 g/mol. The van der Waals surface area contributed by atoms with E-state index in [9.17, 15) is 0 Å². The summed E-state index contributed by atoms with van der Waals surface area (Å²) in [6, 6.07) is 27.3. The Morgan fingerprint density at radius 2 is 0.438 bits per heavy atom. The fourth-order valence-electron chi connectivity index (χ4n) is 8.99. The molecule has 0 spiro atoms. The van der Waals surface area contributed by atoms with Crippen molar-refractivity contribution in [3.05, 3.63) is 140 Å². The molecule has 0 aliphatic heterocycles. The van der Waals surface area contributed by atoms with Crippen molar-refractivity contribution >= 4 is 8.25 Å². The van der Waals surface area contributed by atoms with Crippen LogP contribution in [0.15, 0.2) is 72.8 Å². The average Bonchev–Trinajstić information content (AvgIpc) is 3.10. The number of benzene rings is 4. The Balaban J connectivity index is 2.19. The zero-order chi connectivity index (χ0) is 49.4. The topological polar surface area (TPSA) is 35.5 Å². The van der Waals surface area contributed by atoms with Crippen LogP contribution < -0.4 is 0 Å². The predicted octanol–water partition coefficient (Wildman–Crippen LogP) is 18.0. The van der Waals surface area contributed by atoms with Gasteiger partial charge in [-0.2, -0.15) is 0 Å². The summed E-state index contributed by atoms with van der Waals surface area (Å²) >= 11 is 0. The molecule has 4 heteroatoms. The normalized spacial score (nSPS) is 14.3. The van der Waals surface area contributed by atoms with Crippen molar-refractivity contribution in [2.24, 2.45) is 0 Å². The van der Waals surface area contributed by atoms with Crippen LogP contribution >= 0.6 is 8.25 Å². The van der Waals surface area contributed by atoms with E-state index in [2.05, 4.69) is 253 Å². The van der Waals surface area contributed by atoms with Gasteiger partial charge in [-0.3, -0.25) is 0 Å². The third-order valence-corrected chi connectivity index (χ3v) is 14.4. The molecule has 4 aromatic rings. The fraction of sp³-hybridized carbons (Fsp3) is 0.600. The summed E-state index contributed by atoms with van der Waals surface area (Å²) in [6.07, 6.45) is 0. The zero-order valence-corrected chi connectivity index (χ0v) is 46.5. The van der Waals surface area contributed by atoms with E-state index in [0.717, 1.165) is 44.5 Å². The second-order valence-electron chi connectivity index (χ2n) is 27.5. The standard InChI is InChI=1S/C60H90O3P/c1-51(2,3)39-27-31-43(47(35-39)55(13,14)15)59(25,44-32-28-40(52(4,5)6)36-48(44)56(16,17)18)62-64(61)63-60(26,45-33-29-41(53(7,8)9)37-49(45)57(19,20)21)46-34-30-42(54(10,11)12)38-50(46)58(22,23)24/h27-38H,1-26H3/q+1. The van der Waals surface area contributed by atoms with Crippen LogP contribution in [0, 0.1) is 0 Å². The fourth-order valence-corrected chi connectivity index (χ4v) is 10.0. The van der Waals surface area contributed by atoms with Gasteiger partial charge in [-0.05, 0) is 124 Å². The second kappa shape index (κ2) is 17.2. The summed E-state index contributed by atoms with van der Waals surface area (Å²) in [7, 11) is -2.81. The Morgan fingerprint density at radius 3 is 0.578 bits per heavy atom. The first-order valence-electron chi connectivity index (χ1n) is 23.9. The highest BCUT2D eigenvalue weighted by molar-refractivity contribution is 7.33. The molecule has 4 aromatic carbocycles. The first-order chi connectivity index (χ1) is 28.4. The van der Waals surface area contributed by atoms with Crippen molar-refractivity contribution < 1.29 is 13.6 Å². The van der Waals surface area contributed by atoms with Gasteiger partial charge in [0.15, 0.2) is 11.2 Å². The van der Waals surface area contributed by atoms with Crippen molar-refractivity contribution in [1.29, 1.82) is 0 Å². The molecular formula is C60H90O3P+. The molecule has 0 aromatic heterocycles. The van der Waals surface area contributed by atoms with E-state index in [1.807, 2.05) is 0 Å². The predicted molar refractivity (Wildman–Crippen MR) is 278 cm³/mol. The van der Waals surface area contributed by atoms with Crippen LogP contribution in [0.2, 0.25) is 0 Å². The van der Waals surface area contributed by atoms with E-state index in [0.29, 0.717) is 0 Å². The number of hydrogen-bond donors (Lipinski definition) is 0. The lowest BCUT2D eigenvalue weighted by Crippen LogP contribution is -2.36. The lowest BCUT2D eigenvalue weighted by atomic mass is 9.70. The molecule has 0 saturated heterocycles. The highest BCUT2D eigenvalue weighted by atomic mass is 31.1. The molecule has 0 radical (unpaired) electrons. The van der Waals surface area contributed by atoms with Crippen molar-refractivity contribution in [2.75, 3.05) is 0 Å². The van der Waals surface area contributed by atoms with Gasteiger partial charge in [-0.1, -0.05) is 239 Å². The van der Waals surface area contributed by atoms with Crippen LogP contribution in [0.3, 0.4) is 0 Å². The largest absolute Gasteiger partial charge is 0.699 e. The van der Waals surface area contributed by atoms with Gasteiger partial charge < -0.3 is 0 Å². The molecule has 0 amide bonds. The van der Waals surface area contributed by atoms with Gasteiger partial charge in [0.1, 0.15) is 0 Å². The van der Waals surface area contributed by atoms with E-state index >= 15 is 4.57 Å². The zero-order valence-electron chi connectivity index (χ0n) is 45.6. The highest BCUT2D eigenvalue weighted by Gasteiger charge is 2.52. The summed E-state index contributed by atoms with van der Waals surface area (Å²) in [5.41, 5.74) is 9.90. The SMILES string of the molecule is CC(C)(C)c1ccc(C(C)(O[P+](=O)OC(C)(c2ccc(C(C)(C)C)cc2C(C)(C)C)c2ccc(C(C)(C)C)cc2C(C)(C)C)c2ccc(C(C)(C)C)cc2C(C)(C)C)c(C(C)(C)C)c1. The Bertz CT molecular complexity index is 2020. The third kappa shape index (κ3) is 11.5. The quantitative estimate of drug-likeness (QED) is 0.165. The van der Waals surface area contributed by atoms with Gasteiger partial charge in [-0.25, -0.2) is 0 Å². The van der Waals surface area contributed by atoms with E-state index in [4.69, 9.17) is 9.05 Å². The Hall–Kier alpha value is -3.10. The van der Waals surface area contributed by atoms with Gasteiger partial charge in [0, 0.05) is 4.57 Å². The Morgan fingerprint density at radius 1 is 0.266 bits per heavy atom. The molecule has 0 N–H and O–H groups in total. The summed E-state index contributed by atoms with van der Waals surface area (Å²) in [6.45, 7) is 58.6. The van der Waals surface area contributed by atoms with Gasteiger partial charge in [0.2, 0.25) is 0 Å². The minimum absolute atomic E-state index is 0.0720. The summed E-state index contributed by atoms with van der Waals surface area (Å²) in [5, 5.41) is 0. The molecule has 0 bridgehead atoms. The van der Waals surface area contributed by atoms with Crippen LogP contribution in [0.5, 0.6) is 0 Å². The molecule has 0 aliphatic carbocycles. The average molecular weight is 890 g/mol. The second-order valence-corrected chi connectivity index (χ2v) is 28.3. The highest BCUT2D eigenvalue weighted by Crippen LogP contribution is 2.55. The Labute approximate surface area is 394 Å². The molecule has 0 unspecified atom stereocenters. The maximum atomic E-state index is 15.8. The van der Waals surface area contributed by atoms with Crippen molar-refractivity contribution in [3.63, 3.8) is 0 Å². The van der Waals surface area contributed by atoms with Crippen LogP contribution in [-0.2, 0) is 68.1 Å².